The molecule has 0 nitrogen and oxygen atoms in total. The summed E-state index contributed by atoms with van der Waals surface area (Å²) in [6.07, 6.45) is 14.6. The van der Waals surface area contributed by atoms with Crippen LogP contribution in [0.2, 0.25) is 0 Å². The number of rotatable bonds is 1. The highest BCUT2D eigenvalue weighted by molar-refractivity contribution is 5.26. The Hall–Kier alpha value is 0. The second-order valence-corrected chi connectivity index (χ2v) is 10.4. The summed E-state index contributed by atoms with van der Waals surface area (Å²) < 4.78 is 0. The molecule has 0 radical (unpaired) electrons. The molecule has 8 rings (SSSR count). The molecule has 0 aromatic heterocycles. The van der Waals surface area contributed by atoms with Crippen LogP contribution in [0.1, 0.15) is 71.6 Å². The van der Waals surface area contributed by atoms with Crippen LogP contribution < -0.4 is 0 Å². The van der Waals surface area contributed by atoms with E-state index in [1.54, 1.807) is 57.8 Å². The molecule has 0 aromatic carbocycles. The molecule has 8 saturated carbocycles. The van der Waals surface area contributed by atoms with E-state index in [1.165, 1.54) is 17.8 Å². The van der Waals surface area contributed by atoms with Gasteiger partial charge in [-0.05, 0) is 103 Å². The standard InChI is InChI=1S/C20H30/c1-12-6-14-9-18(12,2)17(14)20-10-16(20)13-7-15(8-13)19(11-20)4-3-5-19/h12-17H,3-11H2,1-2H3. The third kappa shape index (κ3) is 1.00. The largest absolute Gasteiger partial charge is 0.0620 e. The molecule has 0 heteroatoms. The smallest absolute Gasteiger partial charge is 0.0222 e. The first-order valence-electron chi connectivity index (χ1n) is 9.57. The monoisotopic (exact) mass is 270 g/mol. The van der Waals surface area contributed by atoms with Crippen LogP contribution in [0.3, 0.4) is 0 Å². The molecule has 6 unspecified atom stereocenters. The predicted molar refractivity (Wildman–Crippen MR) is 81.1 cm³/mol. The highest BCUT2D eigenvalue weighted by Gasteiger charge is 2.77. The SMILES string of the molecule is CC1CC2CC1(C)C2C12CC1C1CC(C1)C1(CCC1)C2. The van der Waals surface area contributed by atoms with Gasteiger partial charge in [0.1, 0.15) is 0 Å². The summed E-state index contributed by atoms with van der Waals surface area (Å²) in [6, 6.07) is 0. The van der Waals surface area contributed by atoms with Crippen molar-refractivity contribution in [3.8, 4) is 0 Å². The van der Waals surface area contributed by atoms with E-state index in [2.05, 4.69) is 13.8 Å². The summed E-state index contributed by atoms with van der Waals surface area (Å²) >= 11 is 0. The molecule has 0 amide bonds. The Bertz CT molecular complexity index is 480. The van der Waals surface area contributed by atoms with Gasteiger partial charge in [-0.2, -0.15) is 0 Å². The maximum Gasteiger partial charge on any atom is -0.0222 e. The molecule has 6 atom stereocenters. The van der Waals surface area contributed by atoms with E-state index in [0.717, 1.165) is 34.0 Å². The first kappa shape index (κ1) is 11.6. The lowest BCUT2D eigenvalue weighted by molar-refractivity contribution is -0.0747. The first-order chi connectivity index (χ1) is 9.57. The van der Waals surface area contributed by atoms with E-state index < -0.39 is 0 Å². The van der Waals surface area contributed by atoms with Crippen LogP contribution in [0, 0.1) is 51.8 Å². The van der Waals surface area contributed by atoms with Crippen LogP contribution in [0.25, 0.3) is 0 Å². The van der Waals surface area contributed by atoms with Crippen LogP contribution in [-0.4, -0.2) is 0 Å². The van der Waals surface area contributed by atoms with Gasteiger partial charge in [0, 0.05) is 0 Å². The number of fused-ring (bicyclic) bond motifs is 1. The Morgan fingerprint density at radius 3 is 2.30 bits per heavy atom. The molecule has 0 saturated heterocycles. The molecular weight excluding hydrogens is 240 g/mol. The van der Waals surface area contributed by atoms with Gasteiger partial charge in [-0.3, -0.25) is 0 Å². The zero-order valence-corrected chi connectivity index (χ0v) is 13.3. The Labute approximate surface area is 124 Å². The fraction of sp³-hybridized carbons (Fsp3) is 1.00. The van der Waals surface area contributed by atoms with E-state index in [1.807, 2.05) is 0 Å². The van der Waals surface area contributed by atoms with Crippen molar-refractivity contribution >= 4 is 0 Å². The zero-order chi connectivity index (χ0) is 13.3. The minimum atomic E-state index is 0.763. The zero-order valence-electron chi connectivity index (χ0n) is 13.3. The Kier molecular flexibility index (Phi) is 1.76. The van der Waals surface area contributed by atoms with Crippen molar-refractivity contribution in [2.75, 3.05) is 0 Å². The maximum absolute atomic E-state index is 2.68. The molecule has 4 bridgehead atoms. The van der Waals surface area contributed by atoms with Crippen molar-refractivity contribution in [1.82, 2.24) is 0 Å². The van der Waals surface area contributed by atoms with Gasteiger partial charge in [-0.25, -0.2) is 0 Å². The highest BCUT2D eigenvalue weighted by atomic mass is 14.8. The van der Waals surface area contributed by atoms with Crippen molar-refractivity contribution in [1.29, 1.82) is 0 Å². The van der Waals surface area contributed by atoms with Crippen LogP contribution in [0.4, 0.5) is 0 Å². The lowest BCUT2D eigenvalue weighted by Gasteiger charge is -2.57. The van der Waals surface area contributed by atoms with Gasteiger partial charge in [-0.1, -0.05) is 20.3 Å². The van der Waals surface area contributed by atoms with Gasteiger partial charge in [0.15, 0.2) is 0 Å². The van der Waals surface area contributed by atoms with Gasteiger partial charge >= 0.3 is 0 Å². The molecular formula is C20H30. The molecule has 0 aliphatic heterocycles. The number of hydrogen-bond donors (Lipinski definition) is 0. The van der Waals surface area contributed by atoms with Crippen LogP contribution in [-0.2, 0) is 0 Å². The summed E-state index contributed by atoms with van der Waals surface area (Å²) in [4.78, 5) is 0. The van der Waals surface area contributed by atoms with Gasteiger partial charge in [0.05, 0.1) is 0 Å². The average Bonchev–Trinajstić information content (AvgIpc) is 2.82. The highest BCUT2D eigenvalue weighted by Crippen LogP contribution is 2.85. The van der Waals surface area contributed by atoms with E-state index >= 15 is 0 Å². The Balaban J connectivity index is 1.41. The molecule has 8 fully saturated rings. The minimum Gasteiger partial charge on any atom is -0.0620 e. The summed E-state index contributed by atoms with van der Waals surface area (Å²) in [5.41, 5.74) is 2.51. The van der Waals surface area contributed by atoms with E-state index in [-0.39, 0.29) is 0 Å². The molecule has 0 aromatic rings. The minimum absolute atomic E-state index is 0.763. The van der Waals surface area contributed by atoms with Crippen molar-refractivity contribution in [3.63, 3.8) is 0 Å². The van der Waals surface area contributed by atoms with E-state index in [9.17, 15) is 0 Å². The quantitative estimate of drug-likeness (QED) is 0.608. The normalized spacial score (nSPS) is 67.5. The second-order valence-electron chi connectivity index (χ2n) is 10.4. The summed E-state index contributed by atoms with van der Waals surface area (Å²) in [5, 5.41) is 0. The third-order valence-electron chi connectivity index (χ3n) is 10.1. The number of hydrogen-bond acceptors (Lipinski definition) is 0. The van der Waals surface area contributed by atoms with Gasteiger partial charge < -0.3 is 0 Å². The lowest BCUT2D eigenvalue weighted by atomic mass is 9.48. The van der Waals surface area contributed by atoms with Crippen LogP contribution >= 0.6 is 0 Å². The van der Waals surface area contributed by atoms with E-state index in [0.29, 0.717) is 0 Å². The molecule has 110 valence electrons. The summed E-state index contributed by atoms with van der Waals surface area (Å²) in [7, 11) is 0. The molecule has 8 aliphatic rings. The van der Waals surface area contributed by atoms with Gasteiger partial charge in [0.25, 0.3) is 0 Å². The molecule has 20 heavy (non-hydrogen) atoms. The van der Waals surface area contributed by atoms with Crippen LogP contribution in [0.5, 0.6) is 0 Å². The average molecular weight is 270 g/mol. The molecule has 8 aliphatic carbocycles. The van der Waals surface area contributed by atoms with Gasteiger partial charge in [-0.15, -0.1) is 0 Å². The molecule has 0 N–H and O–H groups in total. The topological polar surface area (TPSA) is 0 Å². The summed E-state index contributed by atoms with van der Waals surface area (Å²) in [6.45, 7) is 5.25. The Morgan fingerprint density at radius 2 is 1.75 bits per heavy atom. The fourth-order valence-electron chi connectivity index (χ4n) is 8.93. The third-order valence-corrected chi connectivity index (χ3v) is 10.1. The Morgan fingerprint density at radius 1 is 0.950 bits per heavy atom. The van der Waals surface area contributed by atoms with Crippen molar-refractivity contribution in [3.05, 3.63) is 0 Å². The summed E-state index contributed by atoms with van der Waals surface area (Å²) in [5.74, 6) is 6.88. The fourth-order valence-corrected chi connectivity index (χ4v) is 8.93. The van der Waals surface area contributed by atoms with Gasteiger partial charge in [0.2, 0.25) is 0 Å². The van der Waals surface area contributed by atoms with Crippen molar-refractivity contribution in [2.45, 2.75) is 71.6 Å². The van der Waals surface area contributed by atoms with E-state index in [4.69, 9.17) is 0 Å². The maximum atomic E-state index is 2.68. The van der Waals surface area contributed by atoms with Crippen molar-refractivity contribution in [2.24, 2.45) is 51.8 Å². The van der Waals surface area contributed by atoms with Crippen LogP contribution in [0.15, 0.2) is 0 Å². The lowest BCUT2D eigenvalue weighted by Crippen LogP contribution is -2.49. The second kappa shape index (κ2) is 3.04. The predicted octanol–water partition coefficient (Wildman–Crippen LogP) is 5.28. The first-order valence-corrected chi connectivity index (χ1v) is 9.57. The van der Waals surface area contributed by atoms with Crippen molar-refractivity contribution < 1.29 is 0 Å². The molecule has 0 heterocycles. The molecule has 1 spiro atoms.